The quantitative estimate of drug-likeness (QED) is 0.0222. The molecule has 0 bridgehead atoms. The average Bonchev–Trinajstić information content (AvgIpc) is 0.899. The molecule has 0 rings (SSSR count). The molecule has 0 spiro atoms. The van der Waals surface area contributed by atoms with E-state index < -0.39 is 97.5 Å². The molecule has 3 N–H and O–H groups in total. The van der Waals surface area contributed by atoms with Crippen molar-refractivity contribution >= 4 is 39.5 Å². The van der Waals surface area contributed by atoms with Gasteiger partial charge in [0.1, 0.15) is 19.3 Å². The number of ether oxygens (including phenoxy) is 4. The SMILES string of the molecule is CCCCCCCCCCCCCCCCCCCCCC(=O)OC[C@H](COP(=O)(O)OC[C@@H](O)COP(=O)(O)OC[C@@H](COC(=O)CCCCCCCCC(C)CC)OC(=O)CCCCCCCCCCCCCCCCC(C)CC)OC(=O)CCCCCCCCCCCCCCCCCCCCC(C)CC. The lowest BCUT2D eigenvalue weighted by molar-refractivity contribution is -0.161. The zero-order valence-electron chi connectivity index (χ0n) is 72.0. The fourth-order valence-corrected chi connectivity index (χ4v) is 15.6. The van der Waals surface area contributed by atoms with E-state index in [1.165, 1.54) is 283 Å². The summed E-state index contributed by atoms with van der Waals surface area (Å²) in [7, 11) is -9.93. The topological polar surface area (TPSA) is 237 Å². The van der Waals surface area contributed by atoms with Crippen LogP contribution >= 0.6 is 15.6 Å². The monoisotopic (exact) mass is 1590 g/mol. The molecule has 0 aromatic heterocycles. The van der Waals surface area contributed by atoms with Gasteiger partial charge in [-0.2, -0.15) is 0 Å². The molecular formula is C90H176O17P2. The Labute approximate surface area is 670 Å². The zero-order valence-corrected chi connectivity index (χ0v) is 73.8. The van der Waals surface area contributed by atoms with Crippen LogP contribution in [-0.4, -0.2) is 96.7 Å². The molecule has 109 heavy (non-hydrogen) atoms. The van der Waals surface area contributed by atoms with Gasteiger partial charge in [-0.3, -0.25) is 37.3 Å². The van der Waals surface area contributed by atoms with Crippen LogP contribution in [0.1, 0.15) is 479 Å². The van der Waals surface area contributed by atoms with Gasteiger partial charge in [0, 0.05) is 25.7 Å². The largest absolute Gasteiger partial charge is 0.472 e. The van der Waals surface area contributed by atoms with E-state index in [-0.39, 0.29) is 25.7 Å². The van der Waals surface area contributed by atoms with Crippen molar-refractivity contribution in [3.05, 3.63) is 0 Å². The number of hydrogen-bond acceptors (Lipinski definition) is 15. The van der Waals surface area contributed by atoms with E-state index in [2.05, 4.69) is 48.5 Å². The third-order valence-corrected chi connectivity index (χ3v) is 24.1. The summed E-state index contributed by atoms with van der Waals surface area (Å²) in [6.45, 7) is 12.1. The van der Waals surface area contributed by atoms with Crippen molar-refractivity contribution in [3.8, 4) is 0 Å². The summed E-state index contributed by atoms with van der Waals surface area (Å²) in [5.74, 6) is 0.346. The first-order chi connectivity index (χ1) is 52.8. The van der Waals surface area contributed by atoms with Gasteiger partial charge >= 0.3 is 39.5 Å². The van der Waals surface area contributed by atoms with E-state index in [1.54, 1.807) is 0 Å². The molecule has 0 aliphatic heterocycles. The molecule has 19 heteroatoms. The molecule has 17 nitrogen and oxygen atoms in total. The van der Waals surface area contributed by atoms with Gasteiger partial charge < -0.3 is 33.8 Å². The third kappa shape index (κ3) is 79.7. The Hall–Kier alpha value is -1.94. The van der Waals surface area contributed by atoms with E-state index in [4.69, 9.17) is 37.0 Å². The van der Waals surface area contributed by atoms with Crippen molar-refractivity contribution in [2.24, 2.45) is 17.8 Å². The molecule has 0 radical (unpaired) electrons. The first-order valence-corrected chi connectivity index (χ1v) is 49.5. The molecule has 0 amide bonds. The van der Waals surface area contributed by atoms with Crippen molar-refractivity contribution < 1.29 is 80.2 Å². The fourth-order valence-electron chi connectivity index (χ4n) is 14.0. The van der Waals surface area contributed by atoms with Gasteiger partial charge in [-0.25, -0.2) is 9.13 Å². The van der Waals surface area contributed by atoms with E-state index in [0.29, 0.717) is 25.7 Å². The summed E-state index contributed by atoms with van der Waals surface area (Å²) in [5.41, 5.74) is 0. The van der Waals surface area contributed by atoms with Crippen LogP contribution in [0, 0.1) is 17.8 Å². The standard InChI is InChI=1S/C90H176O17P2/c1-8-12-13-14-15-16-17-18-19-20-21-25-28-34-39-44-49-57-64-71-87(92)100-77-85(106-89(94)73-66-59-50-45-40-35-29-26-23-22-24-27-32-37-42-47-54-61-68-81(5)9-2)79-104-108(96,97)102-75-84(91)76-103-109(98,99)105-80-86(78-101-88(93)72-65-58-53-52-56-63-70-83(7)11-4)107-90(95)74-67-60-51-46-41-36-31-30-33-38-43-48-55-62-69-82(6)10-3/h81-86,91H,8-80H2,1-7H3,(H,96,97)(H,98,99)/t81?,82?,83?,84-,85-,86-/m1/s1. The van der Waals surface area contributed by atoms with Crippen molar-refractivity contribution in [1.82, 2.24) is 0 Å². The number of rotatable bonds is 88. The minimum absolute atomic E-state index is 0.107. The minimum Gasteiger partial charge on any atom is -0.462 e. The van der Waals surface area contributed by atoms with Gasteiger partial charge in [0.25, 0.3) is 0 Å². The molecule has 648 valence electrons. The van der Waals surface area contributed by atoms with E-state index in [0.717, 1.165) is 114 Å². The van der Waals surface area contributed by atoms with Crippen molar-refractivity contribution in [3.63, 3.8) is 0 Å². The Balaban J connectivity index is 5.23. The number of aliphatic hydroxyl groups is 1. The number of unbranched alkanes of at least 4 members (excludes halogenated alkanes) is 53. The maximum absolute atomic E-state index is 13.2. The first-order valence-electron chi connectivity index (χ1n) is 46.5. The number of aliphatic hydroxyl groups excluding tert-OH is 1. The van der Waals surface area contributed by atoms with E-state index in [1.807, 2.05) is 0 Å². The summed E-state index contributed by atoms with van der Waals surface area (Å²) in [6, 6.07) is 0. The highest BCUT2D eigenvalue weighted by Crippen LogP contribution is 2.45. The molecule has 0 saturated carbocycles. The second-order valence-electron chi connectivity index (χ2n) is 33.1. The van der Waals surface area contributed by atoms with Crippen molar-refractivity contribution in [2.45, 2.75) is 497 Å². The molecule has 0 aromatic carbocycles. The molecule has 8 atom stereocenters. The highest BCUT2D eigenvalue weighted by molar-refractivity contribution is 7.47. The number of carbonyl (C=O) groups excluding carboxylic acids is 4. The highest BCUT2D eigenvalue weighted by atomic mass is 31.2. The molecule has 0 saturated heterocycles. The average molecular weight is 1590 g/mol. The summed E-state index contributed by atoms with van der Waals surface area (Å²) < 4.78 is 69.0. The Morgan fingerprint density at radius 3 is 0.651 bits per heavy atom. The molecule has 0 aliphatic rings. The fraction of sp³-hybridized carbons (Fsp3) is 0.956. The highest BCUT2D eigenvalue weighted by Gasteiger charge is 2.31. The summed E-state index contributed by atoms with van der Waals surface area (Å²) in [5, 5.41) is 10.7. The first kappa shape index (κ1) is 107. The number of hydrogen-bond donors (Lipinski definition) is 3. The lowest BCUT2D eigenvalue weighted by Crippen LogP contribution is -2.30. The van der Waals surface area contributed by atoms with Gasteiger partial charge in [-0.05, 0) is 43.4 Å². The Bertz CT molecular complexity index is 2100. The second-order valence-corrected chi connectivity index (χ2v) is 36.0. The number of phosphoric ester groups is 2. The van der Waals surface area contributed by atoms with Crippen LogP contribution in [0.5, 0.6) is 0 Å². The van der Waals surface area contributed by atoms with Crippen LogP contribution < -0.4 is 0 Å². The van der Waals surface area contributed by atoms with Crippen LogP contribution in [-0.2, 0) is 65.4 Å². The van der Waals surface area contributed by atoms with Crippen molar-refractivity contribution in [1.29, 1.82) is 0 Å². The van der Waals surface area contributed by atoms with Gasteiger partial charge in [0.15, 0.2) is 12.2 Å². The summed E-state index contributed by atoms with van der Waals surface area (Å²) >= 11 is 0. The second kappa shape index (κ2) is 79.9. The van der Waals surface area contributed by atoms with E-state index in [9.17, 15) is 43.2 Å². The zero-order chi connectivity index (χ0) is 80.0. The smallest absolute Gasteiger partial charge is 0.462 e. The van der Waals surface area contributed by atoms with Gasteiger partial charge in [0.2, 0.25) is 0 Å². The van der Waals surface area contributed by atoms with Crippen LogP contribution in [0.2, 0.25) is 0 Å². The van der Waals surface area contributed by atoms with Crippen LogP contribution in [0.25, 0.3) is 0 Å². The lowest BCUT2D eigenvalue weighted by atomic mass is 9.99. The Morgan fingerprint density at radius 2 is 0.440 bits per heavy atom. The van der Waals surface area contributed by atoms with Gasteiger partial charge in [-0.1, -0.05) is 427 Å². The predicted octanol–water partition coefficient (Wildman–Crippen LogP) is 27.6. The molecule has 0 heterocycles. The Morgan fingerprint density at radius 1 is 0.257 bits per heavy atom. The number of phosphoric acid groups is 2. The molecule has 0 fully saturated rings. The predicted molar refractivity (Wildman–Crippen MR) is 451 cm³/mol. The van der Waals surface area contributed by atoms with E-state index >= 15 is 0 Å². The molecular weight excluding hydrogens is 1410 g/mol. The molecule has 0 aromatic rings. The number of carbonyl (C=O) groups is 4. The maximum atomic E-state index is 13.2. The molecule has 5 unspecified atom stereocenters. The van der Waals surface area contributed by atoms with Gasteiger partial charge in [0.05, 0.1) is 26.4 Å². The normalized spacial score (nSPS) is 14.6. The molecule has 0 aliphatic carbocycles. The Kier molecular flexibility index (Phi) is 78.5. The van der Waals surface area contributed by atoms with Crippen LogP contribution in [0.15, 0.2) is 0 Å². The van der Waals surface area contributed by atoms with Crippen LogP contribution in [0.4, 0.5) is 0 Å². The lowest BCUT2D eigenvalue weighted by Gasteiger charge is -2.21. The van der Waals surface area contributed by atoms with Crippen molar-refractivity contribution in [2.75, 3.05) is 39.6 Å². The van der Waals surface area contributed by atoms with Gasteiger partial charge in [-0.15, -0.1) is 0 Å². The third-order valence-electron chi connectivity index (χ3n) is 22.2. The summed E-state index contributed by atoms with van der Waals surface area (Å²) in [4.78, 5) is 73.4. The minimum atomic E-state index is -4.97. The van der Waals surface area contributed by atoms with Crippen LogP contribution in [0.3, 0.4) is 0 Å². The summed E-state index contributed by atoms with van der Waals surface area (Å²) in [6.07, 6.45) is 72.2. The number of esters is 4. The maximum Gasteiger partial charge on any atom is 0.472 e.